The van der Waals surface area contributed by atoms with Crippen molar-refractivity contribution in [3.05, 3.63) is 35.4 Å². The predicted molar refractivity (Wildman–Crippen MR) is 108 cm³/mol. The van der Waals surface area contributed by atoms with Gasteiger partial charge in [0.1, 0.15) is 0 Å². The van der Waals surface area contributed by atoms with E-state index in [9.17, 15) is 9.59 Å². The van der Waals surface area contributed by atoms with Crippen LogP contribution in [0.4, 0.5) is 0 Å². The standard InChI is InChI=1S/C22H33N3O2/c1-3-24(4-2)15-14-23-20(26)16-22(12-8-5-9-13-22)25-17-18-10-6-7-11-19(18)21(25)27/h6-7,10-11H,3-5,8-9,12-17H2,1-2H3,(H,23,26). The summed E-state index contributed by atoms with van der Waals surface area (Å²) in [6, 6.07) is 7.86. The van der Waals surface area contributed by atoms with Crippen LogP contribution in [0.5, 0.6) is 0 Å². The summed E-state index contributed by atoms with van der Waals surface area (Å²) in [7, 11) is 0. The Hall–Kier alpha value is -1.88. The third kappa shape index (κ3) is 4.34. The highest BCUT2D eigenvalue weighted by molar-refractivity contribution is 5.99. The molecule has 0 atom stereocenters. The molecule has 1 aromatic rings. The lowest BCUT2D eigenvalue weighted by atomic mass is 9.77. The van der Waals surface area contributed by atoms with Gasteiger partial charge < -0.3 is 15.1 Å². The molecule has 0 spiro atoms. The van der Waals surface area contributed by atoms with Crippen LogP contribution in [0.1, 0.15) is 68.3 Å². The largest absolute Gasteiger partial charge is 0.355 e. The lowest BCUT2D eigenvalue weighted by Crippen LogP contribution is -2.53. The van der Waals surface area contributed by atoms with E-state index >= 15 is 0 Å². The summed E-state index contributed by atoms with van der Waals surface area (Å²) in [5.74, 6) is 0.177. The molecule has 1 N–H and O–H groups in total. The van der Waals surface area contributed by atoms with Gasteiger partial charge in [-0.25, -0.2) is 0 Å². The number of nitrogens with one attached hydrogen (secondary N) is 1. The second-order valence-electron chi connectivity index (χ2n) is 7.89. The van der Waals surface area contributed by atoms with Gasteiger partial charge >= 0.3 is 0 Å². The molecule has 1 saturated carbocycles. The number of fused-ring (bicyclic) bond motifs is 1. The van der Waals surface area contributed by atoms with Crippen molar-refractivity contribution in [1.29, 1.82) is 0 Å². The average molecular weight is 372 g/mol. The molecule has 1 aliphatic heterocycles. The number of carbonyl (C=O) groups excluding carboxylic acids is 2. The number of hydrogen-bond acceptors (Lipinski definition) is 3. The number of nitrogens with zero attached hydrogens (tertiary/aromatic N) is 2. The minimum atomic E-state index is -0.326. The highest BCUT2D eigenvalue weighted by Gasteiger charge is 2.45. The fraction of sp³-hybridized carbons (Fsp3) is 0.636. The smallest absolute Gasteiger partial charge is 0.254 e. The number of hydrogen-bond donors (Lipinski definition) is 1. The summed E-state index contributed by atoms with van der Waals surface area (Å²) in [6.07, 6.45) is 5.65. The summed E-state index contributed by atoms with van der Waals surface area (Å²) in [5.41, 5.74) is 1.58. The first-order valence-electron chi connectivity index (χ1n) is 10.5. The van der Waals surface area contributed by atoms with E-state index in [1.807, 2.05) is 29.2 Å². The van der Waals surface area contributed by atoms with Gasteiger partial charge in [0, 0.05) is 31.6 Å². The average Bonchev–Trinajstić information content (AvgIpc) is 3.04. The minimum Gasteiger partial charge on any atom is -0.355 e. The Balaban J connectivity index is 1.67. The number of likely N-dealkylation sites (N-methyl/N-ethyl adjacent to an activating group) is 1. The van der Waals surface area contributed by atoms with Crippen molar-refractivity contribution in [3.63, 3.8) is 0 Å². The Bertz CT molecular complexity index is 663. The molecule has 0 aromatic heterocycles. The molecule has 5 nitrogen and oxygen atoms in total. The van der Waals surface area contributed by atoms with Crippen molar-refractivity contribution in [2.24, 2.45) is 0 Å². The molecule has 0 radical (unpaired) electrons. The highest BCUT2D eigenvalue weighted by atomic mass is 16.2. The molecular formula is C22H33N3O2. The van der Waals surface area contributed by atoms with E-state index in [4.69, 9.17) is 0 Å². The maximum Gasteiger partial charge on any atom is 0.254 e. The van der Waals surface area contributed by atoms with Gasteiger partial charge in [-0.3, -0.25) is 9.59 Å². The van der Waals surface area contributed by atoms with Crippen LogP contribution in [0.15, 0.2) is 24.3 Å². The van der Waals surface area contributed by atoms with Gasteiger partial charge in [-0.15, -0.1) is 0 Å². The van der Waals surface area contributed by atoms with E-state index in [1.54, 1.807) is 0 Å². The molecule has 0 bridgehead atoms. The van der Waals surface area contributed by atoms with Crippen LogP contribution in [-0.2, 0) is 11.3 Å². The van der Waals surface area contributed by atoms with Crippen molar-refractivity contribution in [1.82, 2.24) is 15.1 Å². The second kappa shape index (κ2) is 8.87. The first-order valence-corrected chi connectivity index (χ1v) is 10.5. The molecule has 148 valence electrons. The Kier molecular flexibility index (Phi) is 6.53. The van der Waals surface area contributed by atoms with E-state index < -0.39 is 0 Å². The Morgan fingerprint density at radius 1 is 1.15 bits per heavy atom. The number of benzene rings is 1. The second-order valence-corrected chi connectivity index (χ2v) is 7.89. The summed E-state index contributed by atoms with van der Waals surface area (Å²) in [4.78, 5) is 30.1. The Labute approximate surface area is 163 Å². The third-order valence-electron chi connectivity index (χ3n) is 6.31. The molecule has 27 heavy (non-hydrogen) atoms. The molecule has 2 amide bonds. The van der Waals surface area contributed by atoms with E-state index in [0.717, 1.165) is 56.4 Å². The molecule has 0 saturated heterocycles. The van der Waals surface area contributed by atoms with Crippen molar-refractivity contribution in [2.45, 2.75) is 64.5 Å². The summed E-state index contributed by atoms with van der Waals surface area (Å²) < 4.78 is 0. The van der Waals surface area contributed by atoms with Gasteiger partial charge in [-0.2, -0.15) is 0 Å². The Morgan fingerprint density at radius 3 is 2.52 bits per heavy atom. The van der Waals surface area contributed by atoms with Crippen molar-refractivity contribution in [3.8, 4) is 0 Å². The highest BCUT2D eigenvalue weighted by Crippen LogP contribution is 2.41. The van der Waals surface area contributed by atoms with E-state index in [1.165, 1.54) is 6.42 Å². The first-order chi connectivity index (χ1) is 13.1. The van der Waals surface area contributed by atoms with Crippen LogP contribution < -0.4 is 5.32 Å². The molecule has 1 fully saturated rings. The van der Waals surface area contributed by atoms with Crippen LogP contribution >= 0.6 is 0 Å². The number of rotatable bonds is 8. The maximum absolute atomic E-state index is 13.1. The molecular weight excluding hydrogens is 338 g/mol. The SMILES string of the molecule is CCN(CC)CCNC(=O)CC1(N2Cc3ccccc3C2=O)CCCCC1. The molecule has 1 heterocycles. The Morgan fingerprint density at radius 2 is 1.85 bits per heavy atom. The van der Waals surface area contributed by atoms with Crippen LogP contribution in [-0.4, -0.2) is 53.3 Å². The topological polar surface area (TPSA) is 52.7 Å². The zero-order chi connectivity index (χ0) is 19.3. The fourth-order valence-electron chi connectivity index (χ4n) is 4.64. The minimum absolute atomic E-state index is 0.0767. The van der Waals surface area contributed by atoms with Crippen molar-refractivity contribution >= 4 is 11.8 Å². The molecule has 0 unspecified atom stereocenters. The number of carbonyl (C=O) groups is 2. The van der Waals surface area contributed by atoms with Gasteiger partial charge in [0.2, 0.25) is 5.91 Å². The summed E-state index contributed by atoms with van der Waals surface area (Å²) in [6.45, 7) is 8.46. The van der Waals surface area contributed by atoms with E-state index in [2.05, 4.69) is 24.1 Å². The predicted octanol–water partition coefficient (Wildman–Crippen LogP) is 3.19. The number of amides is 2. The molecule has 1 aliphatic carbocycles. The van der Waals surface area contributed by atoms with Gasteiger partial charge in [-0.1, -0.05) is 51.3 Å². The molecule has 2 aliphatic rings. The lowest BCUT2D eigenvalue weighted by Gasteiger charge is -2.44. The van der Waals surface area contributed by atoms with E-state index in [-0.39, 0.29) is 17.4 Å². The van der Waals surface area contributed by atoms with Crippen LogP contribution in [0.2, 0.25) is 0 Å². The van der Waals surface area contributed by atoms with Crippen LogP contribution in [0.3, 0.4) is 0 Å². The van der Waals surface area contributed by atoms with E-state index in [0.29, 0.717) is 19.5 Å². The quantitative estimate of drug-likeness (QED) is 0.763. The normalized spacial score (nSPS) is 18.6. The molecule has 3 rings (SSSR count). The lowest BCUT2D eigenvalue weighted by molar-refractivity contribution is -0.124. The van der Waals surface area contributed by atoms with Gasteiger partial charge in [-0.05, 0) is 37.6 Å². The fourth-order valence-corrected chi connectivity index (χ4v) is 4.64. The molecule has 5 heteroatoms. The maximum atomic E-state index is 13.1. The van der Waals surface area contributed by atoms with Gasteiger partial charge in [0.15, 0.2) is 0 Å². The zero-order valence-corrected chi connectivity index (χ0v) is 16.8. The van der Waals surface area contributed by atoms with Crippen molar-refractivity contribution < 1.29 is 9.59 Å². The summed E-state index contributed by atoms with van der Waals surface area (Å²) in [5, 5.41) is 3.09. The van der Waals surface area contributed by atoms with Gasteiger partial charge in [0.05, 0.1) is 5.54 Å². The summed E-state index contributed by atoms with van der Waals surface area (Å²) >= 11 is 0. The van der Waals surface area contributed by atoms with Crippen LogP contribution in [0, 0.1) is 0 Å². The molecule has 1 aromatic carbocycles. The van der Waals surface area contributed by atoms with Crippen molar-refractivity contribution in [2.75, 3.05) is 26.2 Å². The van der Waals surface area contributed by atoms with Crippen LogP contribution in [0.25, 0.3) is 0 Å². The zero-order valence-electron chi connectivity index (χ0n) is 16.8. The van der Waals surface area contributed by atoms with Gasteiger partial charge in [0.25, 0.3) is 5.91 Å². The third-order valence-corrected chi connectivity index (χ3v) is 6.31. The first kappa shape index (κ1) is 19.9. The monoisotopic (exact) mass is 371 g/mol.